The van der Waals surface area contributed by atoms with Gasteiger partial charge in [0.05, 0.1) is 12.6 Å². The molecule has 1 unspecified atom stereocenters. The molecule has 1 aromatic carbocycles. The zero-order valence-corrected chi connectivity index (χ0v) is 20.2. The largest absolute Gasteiger partial charge is 0.497 e. The monoisotopic (exact) mass is 470 g/mol. The molecule has 34 heavy (non-hydrogen) atoms. The first kappa shape index (κ1) is 23.9. The van der Waals surface area contributed by atoms with Crippen molar-refractivity contribution >= 4 is 28.8 Å². The van der Waals surface area contributed by atoms with Crippen molar-refractivity contribution < 1.29 is 23.9 Å². The van der Waals surface area contributed by atoms with Gasteiger partial charge in [-0.2, -0.15) is 0 Å². The Hall–Kier alpha value is -3.23. The van der Waals surface area contributed by atoms with Gasteiger partial charge in [-0.15, -0.1) is 0 Å². The molecule has 0 spiro atoms. The molecule has 1 aliphatic heterocycles. The number of aryl methyl sites for hydroxylation is 1. The van der Waals surface area contributed by atoms with Crippen LogP contribution in [0.3, 0.4) is 0 Å². The summed E-state index contributed by atoms with van der Waals surface area (Å²) in [6.07, 6.45) is 3.10. The number of nitrogens with zero attached hydrogens (tertiary/aromatic N) is 3. The minimum Gasteiger partial charge on any atom is -0.497 e. The van der Waals surface area contributed by atoms with Gasteiger partial charge in [0.15, 0.2) is 6.10 Å². The van der Waals surface area contributed by atoms with Crippen molar-refractivity contribution in [1.82, 2.24) is 14.4 Å². The third-order valence-electron chi connectivity index (χ3n) is 7.23. The van der Waals surface area contributed by atoms with Crippen molar-refractivity contribution in [2.45, 2.75) is 51.2 Å². The highest BCUT2D eigenvalue weighted by Crippen LogP contribution is 2.30. The SMILES string of the molecule is COc1ccc2cc(C(=O)N3CCN(C(=O)[C@@H](OC(N)=O)C4CCCCC4)C(C)C3)n(C)c2c1. The van der Waals surface area contributed by atoms with Gasteiger partial charge in [-0.1, -0.05) is 19.3 Å². The Kier molecular flexibility index (Phi) is 7.00. The van der Waals surface area contributed by atoms with Crippen LogP contribution in [0.1, 0.15) is 49.5 Å². The molecule has 1 aromatic heterocycles. The van der Waals surface area contributed by atoms with E-state index in [-0.39, 0.29) is 23.8 Å². The molecule has 2 aliphatic rings. The van der Waals surface area contributed by atoms with Gasteiger partial charge < -0.3 is 29.6 Å². The summed E-state index contributed by atoms with van der Waals surface area (Å²) in [7, 11) is 3.49. The molecule has 1 saturated carbocycles. The number of fused-ring (bicyclic) bond motifs is 1. The smallest absolute Gasteiger partial charge is 0.405 e. The summed E-state index contributed by atoms with van der Waals surface area (Å²) in [5, 5.41) is 0.965. The van der Waals surface area contributed by atoms with Gasteiger partial charge in [-0.3, -0.25) is 9.59 Å². The first-order chi connectivity index (χ1) is 16.3. The average Bonchev–Trinajstić information content (AvgIpc) is 3.17. The number of ether oxygens (including phenoxy) is 2. The van der Waals surface area contributed by atoms with E-state index in [9.17, 15) is 14.4 Å². The zero-order valence-electron chi connectivity index (χ0n) is 20.2. The molecule has 184 valence electrons. The van der Waals surface area contributed by atoms with Crippen molar-refractivity contribution in [3.63, 3.8) is 0 Å². The van der Waals surface area contributed by atoms with E-state index in [2.05, 4.69) is 0 Å². The number of piperazine rings is 1. The number of benzene rings is 1. The van der Waals surface area contributed by atoms with Crippen molar-refractivity contribution in [2.24, 2.45) is 18.7 Å². The number of carbonyl (C=O) groups is 3. The van der Waals surface area contributed by atoms with Crippen LogP contribution < -0.4 is 10.5 Å². The fraction of sp³-hybridized carbons (Fsp3) is 0.560. The van der Waals surface area contributed by atoms with Crippen LogP contribution in [0.25, 0.3) is 10.9 Å². The third kappa shape index (κ3) is 4.69. The second-order valence-electron chi connectivity index (χ2n) is 9.40. The van der Waals surface area contributed by atoms with Gasteiger partial charge in [-0.05, 0) is 38.0 Å². The van der Waals surface area contributed by atoms with Crippen molar-refractivity contribution in [3.8, 4) is 5.75 Å². The van der Waals surface area contributed by atoms with Crippen LogP contribution in [0, 0.1) is 5.92 Å². The Bertz CT molecular complexity index is 1070. The summed E-state index contributed by atoms with van der Waals surface area (Å²) in [4.78, 5) is 41.8. The van der Waals surface area contributed by atoms with Crippen molar-refractivity contribution in [1.29, 1.82) is 0 Å². The second-order valence-corrected chi connectivity index (χ2v) is 9.40. The standard InChI is InChI=1S/C25H34N4O5/c1-16-15-28(23(30)21-13-18-9-10-19(33-3)14-20(18)27(21)2)11-12-29(16)24(31)22(34-25(26)32)17-7-5-4-6-8-17/h9-10,13-14,16-17,22H,4-8,11-12,15H2,1-3H3,(H2,26,32)/t16?,22-/m0/s1. The Morgan fingerprint density at radius 2 is 1.82 bits per heavy atom. The van der Waals surface area contributed by atoms with E-state index in [1.54, 1.807) is 16.9 Å². The van der Waals surface area contributed by atoms with E-state index in [1.165, 1.54) is 0 Å². The maximum Gasteiger partial charge on any atom is 0.405 e. The number of methoxy groups -OCH3 is 1. The summed E-state index contributed by atoms with van der Waals surface area (Å²) < 4.78 is 12.5. The minimum absolute atomic E-state index is 0.00611. The molecule has 2 N–H and O–H groups in total. The lowest BCUT2D eigenvalue weighted by Gasteiger charge is -2.42. The maximum absolute atomic E-state index is 13.4. The zero-order chi connectivity index (χ0) is 24.4. The van der Waals surface area contributed by atoms with E-state index < -0.39 is 12.2 Å². The summed E-state index contributed by atoms with van der Waals surface area (Å²) in [6, 6.07) is 7.41. The molecule has 2 aromatic rings. The lowest BCUT2D eigenvalue weighted by Crippen LogP contribution is -2.59. The molecule has 0 radical (unpaired) electrons. The van der Waals surface area contributed by atoms with Crippen LogP contribution in [0.15, 0.2) is 24.3 Å². The van der Waals surface area contributed by atoms with Crippen LogP contribution in [0.4, 0.5) is 4.79 Å². The number of nitrogens with two attached hydrogens (primary N) is 1. The highest BCUT2D eigenvalue weighted by atomic mass is 16.6. The van der Waals surface area contributed by atoms with Crippen LogP contribution in [0.5, 0.6) is 5.75 Å². The topological polar surface area (TPSA) is 107 Å². The van der Waals surface area contributed by atoms with Gasteiger partial charge in [0.2, 0.25) is 0 Å². The molecular formula is C25H34N4O5. The van der Waals surface area contributed by atoms with E-state index in [1.807, 2.05) is 42.8 Å². The minimum atomic E-state index is -0.919. The molecular weight excluding hydrogens is 436 g/mol. The predicted molar refractivity (Wildman–Crippen MR) is 128 cm³/mol. The Balaban J connectivity index is 1.47. The number of hydrogen-bond donors (Lipinski definition) is 1. The summed E-state index contributed by atoms with van der Waals surface area (Å²) >= 11 is 0. The number of carbonyl (C=O) groups excluding carboxylic acids is 3. The first-order valence-corrected chi connectivity index (χ1v) is 12.0. The molecule has 4 rings (SSSR count). The van der Waals surface area contributed by atoms with E-state index in [4.69, 9.17) is 15.2 Å². The fourth-order valence-corrected chi connectivity index (χ4v) is 5.35. The van der Waals surface area contributed by atoms with Gasteiger partial charge in [-0.25, -0.2) is 4.79 Å². The van der Waals surface area contributed by atoms with E-state index in [0.717, 1.165) is 48.8 Å². The first-order valence-electron chi connectivity index (χ1n) is 12.0. The Morgan fingerprint density at radius 1 is 1.09 bits per heavy atom. The van der Waals surface area contributed by atoms with E-state index >= 15 is 0 Å². The summed E-state index contributed by atoms with van der Waals surface area (Å²) in [6.45, 7) is 3.12. The number of amides is 3. The number of rotatable bonds is 5. The molecule has 9 heteroatoms. The quantitative estimate of drug-likeness (QED) is 0.723. The lowest BCUT2D eigenvalue weighted by molar-refractivity contribution is -0.148. The Morgan fingerprint density at radius 3 is 2.47 bits per heavy atom. The van der Waals surface area contributed by atoms with Gasteiger partial charge in [0, 0.05) is 50.1 Å². The van der Waals surface area contributed by atoms with Crippen molar-refractivity contribution in [2.75, 3.05) is 26.7 Å². The highest BCUT2D eigenvalue weighted by molar-refractivity contribution is 5.99. The highest BCUT2D eigenvalue weighted by Gasteiger charge is 2.39. The molecule has 1 saturated heterocycles. The number of hydrogen-bond acceptors (Lipinski definition) is 5. The van der Waals surface area contributed by atoms with Gasteiger partial charge in [0.1, 0.15) is 11.4 Å². The second kappa shape index (κ2) is 9.95. The third-order valence-corrected chi connectivity index (χ3v) is 7.23. The van der Waals surface area contributed by atoms with Crippen LogP contribution in [0.2, 0.25) is 0 Å². The maximum atomic E-state index is 13.4. The number of aromatic nitrogens is 1. The van der Waals surface area contributed by atoms with E-state index in [0.29, 0.717) is 25.3 Å². The lowest BCUT2D eigenvalue weighted by atomic mass is 9.84. The van der Waals surface area contributed by atoms with Crippen LogP contribution in [-0.4, -0.2) is 71.2 Å². The Labute approximate surface area is 199 Å². The summed E-state index contributed by atoms with van der Waals surface area (Å²) in [5.41, 5.74) is 6.81. The molecule has 9 nitrogen and oxygen atoms in total. The molecule has 0 bridgehead atoms. The normalized spacial score (nSPS) is 20.3. The molecule has 2 heterocycles. The average molecular weight is 471 g/mol. The molecule has 2 atom stereocenters. The number of primary amides is 1. The van der Waals surface area contributed by atoms with Crippen LogP contribution >= 0.6 is 0 Å². The predicted octanol–water partition coefficient (Wildman–Crippen LogP) is 2.90. The van der Waals surface area contributed by atoms with Gasteiger partial charge >= 0.3 is 6.09 Å². The van der Waals surface area contributed by atoms with Crippen molar-refractivity contribution in [3.05, 3.63) is 30.0 Å². The molecule has 2 fully saturated rings. The summed E-state index contributed by atoms with van der Waals surface area (Å²) in [5.74, 6) is 0.448. The fourth-order valence-electron chi connectivity index (χ4n) is 5.35. The molecule has 3 amide bonds. The molecule has 1 aliphatic carbocycles. The van der Waals surface area contributed by atoms with Gasteiger partial charge in [0.25, 0.3) is 11.8 Å². The van der Waals surface area contributed by atoms with Crippen LogP contribution in [-0.2, 0) is 16.6 Å².